The van der Waals surface area contributed by atoms with E-state index in [1.807, 2.05) is 36.4 Å². The number of para-hydroxylation sites is 2. The van der Waals surface area contributed by atoms with Crippen LogP contribution in [0.5, 0.6) is 23.0 Å². The molecule has 6 rings (SSSR count). The van der Waals surface area contributed by atoms with Gasteiger partial charge in [0.15, 0.2) is 0 Å². The van der Waals surface area contributed by atoms with Crippen LogP contribution in [0.15, 0.2) is 121 Å². The SMILES string of the molecule is CCCc1ccccc1OPOc1ccc2ccccc2c1-c1c(OPOc2ccccc2CCC)ccc2ccccc12. The molecule has 6 heteroatoms. The van der Waals surface area contributed by atoms with E-state index in [1.165, 1.54) is 11.1 Å². The van der Waals surface area contributed by atoms with Gasteiger partial charge in [-0.1, -0.05) is 124 Å². The lowest BCUT2D eigenvalue weighted by molar-refractivity contribution is 0.508. The minimum absolute atomic E-state index is 0.209. The average Bonchev–Trinajstić information content (AvgIpc) is 3.06. The quantitative estimate of drug-likeness (QED) is 0.121. The minimum Gasteiger partial charge on any atom is -0.440 e. The molecule has 0 heterocycles. The molecule has 2 unspecified atom stereocenters. The average molecular weight is 619 g/mol. The van der Waals surface area contributed by atoms with Crippen molar-refractivity contribution >= 4 is 39.6 Å². The first-order chi connectivity index (χ1) is 21.8. The van der Waals surface area contributed by atoms with E-state index in [4.69, 9.17) is 18.1 Å². The lowest BCUT2D eigenvalue weighted by atomic mass is 9.92. The first kappa shape index (κ1) is 29.9. The lowest BCUT2D eigenvalue weighted by Crippen LogP contribution is -1.96. The Morgan fingerprint density at radius 3 is 1.25 bits per heavy atom. The standard InChI is InChI=1S/C38H36O4P2/c1-3-13-29-17-7-11-21-33(29)39-43-41-35-25-23-27-15-5-9-19-31(27)37(35)38-32-20-10-6-16-28(32)24-26-36(38)42-44-40-34-22-12-8-18-30(34)14-4-2/h5-12,15-26,43-44H,3-4,13-14H2,1-2H3. The maximum absolute atomic E-state index is 6.48. The van der Waals surface area contributed by atoms with E-state index in [9.17, 15) is 0 Å². The van der Waals surface area contributed by atoms with Crippen molar-refractivity contribution < 1.29 is 18.1 Å². The molecule has 0 fully saturated rings. The highest BCUT2D eigenvalue weighted by Crippen LogP contribution is 2.48. The topological polar surface area (TPSA) is 36.9 Å². The van der Waals surface area contributed by atoms with Crippen molar-refractivity contribution in [3.05, 3.63) is 132 Å². The summed E-state index contributed by atoms with van der Waals surface area (Å²) in [5.41, 5.74) is 4.33. The van der Waals surface area contributed by atoms with Gasteiger partial charge in [0.05, 0.1) is 0 Å². The highest BCUT2D eigenvalue weighted by atomic mass is 31.1. The first-order valence-electron chi connectivity index (χ1n) is 15.1. The first-order valence-corrected chi connectivity index (χ1v) is 16.8. The van der Waals surface area contributed by atoms with Gasteiger partial charge in [-0.3, -0.25) is 0 Å². The zero-order chi connectivity index (χ0) is 30.1. The number of fused-ring (bicyclic) bond motifs is 2. The summed E-state index contributed by atoms with van der Waals surface area (Å²) in [6.07, 6.45) is 4.03. The predicted octanol–water partition coefficient (Wildman–Crippen LogP) is 11.5. The van der Waals surface area contributed by atoms with Gasteiger partial charge in [0.25, 0.3) is 18.1 Å². The van der Waals surface area contributed by atoms with Gasteiger partial charge in [0.1, 0.15) is 23.0 Å². The lowest BCUT2D eigenvalue weighted by Gasteiger charge is -2.19. The smallest absolute Gasteiger partial charge is 0.275 e. The van der Waals surface area contributed by atoms with Crippen LogP contribution in [0.1, 0.15) is 37.8 Å². The summed E-state index contributed by atoms with van der Waals surface area (Å²) in [7, 11) is -0.419. The van der Waals surface area contributed by atoms with Crippen LogP contribution in [0.3, 0.4) is 0 Å². The Morgan fingerprint density at radius 1 is 0.409 bits per heavy atom. The Hall–Kier alpha value is -4.10. The second kappa shape index (κ2) is 14.6. The van der Waals surface area contributed by atoms with Crippen LogP contribution >= 0.6 is 18.1 Å². The van der Waals surface area contributed by atoms with E-state index < -0.39 is 0 Å². The Kier molecular flexibility index (Phi) is 9.93. The Balaban J connectivity index is 1.38. The van der Waals surface area contributed by atoms with E-state index in [2.05, 4.69) is 98.8 Å². The molecular formula is C38H36O4P2. The highest BCUT2D eigenvalue weighted by molar-refractivity contribution is 7.27. The molecule has 0 saturated carbocycles. The summed E-state index contributed by atoms with van der Waals surface area (Å²) in [6, 6.07) is 41.5. The molecule has 0 radical (unpaired) electrons. The fourth-order valence-electron chi connectivity index (χ4n) is 5.57. The molecule has 2 atom stereocenters. The minimum atomic E-state index is -0.209. The van der Waals surface area contributed by atoms with Crippen molar-refractivity contribution in [1.29, 1.82) is 0 Å². The zero-order valence-corrected chi connectivity index (χ0v) is 27.0. The van der Waals surface area contributed by atoms with E-state index >= 15 is 0 Å². The maximum atomic E-state index is 6.48. The Labute approximate surface area is 263 Å². The van der Waals surface area contributed by atoms with Gasteiger partial charge in [-0.05, 0) is 69.8 Å². The van der Waals surface area contributed by atoms with Crippen LogP contribution in [-0.4, -0.2) is 0 Å². The van der Waals surface area contributed by atoms with Gasteiger partial charge in [0, 0.05) is 11.1 Å². The van der Waals surface area contributed by atoms with Crippen LogP contribution in [0.2, 0.25) is 0 Å². The third-order valence-electron chi connectivity index (χ3n) is 7.62. The summed E-state index contributed by atoms with van der Waals surface area (Å²) in [5, 5.41) is 4.41. The van der Waals surface area contributed by atoms with E-state index in [0.29, 0.717) is 0 Å². The molecule has 0 aliphatic rings. The molecule has 4 nitrogen and oxygen atoms in total. The number of hydrogen-bond acceptors (Lipinski definition) is 4. The van der Waals surface area contributed by atoms with Crippen LogP contribution in [0.25, 0.3) is 32.7 Å². The van der Waals surface area contributed by atoms with Crippen LogP contribution in [0, 0.1) is 0 Å². The van der Waals surface area contributed by atoms with Gasteiger partial charge in [-0.25, -0.2) is 0 Å². The Bertz CT molecular complexity index is 1730. The van der Waals surface area contributed by atoms with Crippen molar-refractivity contribution in [2.75, 3.05) is 0 Å². The van der Waals surface area contributed by atoms with Crippen molar-refractivity contribution in [3.63, 3.8) is 0 Å². The van der Waals surface area contributed by atoms with Crippen molar-refractivity contribution in [3.8, 4) is 34.1 Å². The molecule has 0 aliphatic heterocycles. The zero-order valence-electron chi connectivity index (χ0n) is 25.0. The molecule has 44 heavy (non-hydrogen) atoms. The summed E-state index contributed by atoms with van der Waals surface area (Å²) < 4.78 is 25.4. The third-order valence-corrected chi connectivity index (χ3v) is 8.83. The molecule has 0 aliphatic carbocycles. The van der Waals surface area contributed by atoms with Gasteiger partial charge < -0.3 is 18.1 Å². The maximum Gasteiger partial charge on any atom is 0.275 e. The fraction of sp³-hybridized carbons (Fsp3) is 0.158. The van der Waals surface area contributed by atoms with Crippen LogP contribution < -0.4 is 18.1 Å². The number of rotatable bonds is 13. The van der Waals surface area contributed by atoms with E-state index in [1.54, 1.807) is 0 Å². The molecule has 0 saturated heterocycles. The summed E-state index contributed by atoms with van der Waals surface area (Å²) in [4.78, 5) is 0. The molecule has 0 amide bonds. The molecule has 0 spiro atoms. The highest BCUT2D eigenvalue weighted by Gasteiger charge is 2.20. The monoisotopic (exact) mass is 618 g/mol. The largest absolute Gasteiger partial charge is 0.440 e. The van der Waals surface area contributed by atoms with Gasteiger partial charge in [0.2, 0.25) is 0 Å². The van der Waals surface area contributed by atoms with Crippen LogP contribution in [-0.2, 0) is 12.8 Å². The van der Waals surface area contributed by atoms with Crippen LogP contribution in [0.4, 0.5) is 0 Å². The third kappa shape index (κ3) is 6.68. The molecule has 6 aromatic carbocycles. The summed E-state index contributed by atoms with van der Waals surface area (Å²) in [6.45, 7) is 4.35. The van der Waals surface area contributed by atoms with Gasteiger partial charge in [-0.2, -0.15) is 0 Å². The molecule has 0 bridgehead atoms. The molecule has 6 aromatic rings. The van der Waals surface area contributed by atoms with Crippen molar-refractivity contribution in [1.82, 2.24) is 0 Å². The Morgan fingerprint density at radius 2 is 0.795 bits per heavy atom. The molecule has 0 N–H and O–H groups in total. The molecular weight excluding hydrogens is 582 g/mol. The number of benzene rings is 6. The van der Waals surface area contributed by atoms with Gasteiger partial charge in [-0.15, -0.1) is 0 Å². The molecule has 0 aromatic heterocycles. The van der Waals surface area contributed by atoms with Crippen molar-refractivity contribution in [2.24, 2.45) is 0 Å². The van der Waals surface area contributed by atoms with Crippen molar-refractivity contribution in [2.45, 2.75) is 39.5 Å². The second-order valence-electron chi connectivity index (χ2n) is 10.6. The fourth-order valence-corrected chi connectivity index (χ4v) is 6.75. The summed E-state index contributed by atoms with van der Waals surface area (Å²) in [5.74, 6) is 3.22. The normalized spacial score (nSPS) is 11.6. The van der Waals surface area contributed by atoms with E-state index in [-0.39, 0.29) is 18.1 Å². The van der Waals surface area contributed by atoms with Gasteiger partial charge >= 0.3 is 0 Å². The predicted molar refractivity (Wildman–Crippen MR) is 187 cm³/mol. The van der Waals surface area contributed by atoms with E-state index in [0.717, 1.165) is 81.4 Å². The number of hydrogen-bond donors (Lipinski definition) is 0. The number of aryl methyl sites for hydroxylation is 2. The molecule has 222 valence electrons. The summed E-state index contributed by atoms with van der Waals surface area (Å²) >= 11 is 0. The second-order valence-corrected chi connectivity index (χ2v) is 11.8.